The Balaban J connectivity index is 1.89. The molecule has 2 saturated heterocycles. The molecule has 0 spiro atoms. The standard InChI is InChI=1S/C13H23NO4/c1-14(9-11-3-2-6-18-11)10-13(12(15)16)4-7-17-8-5-13/h11H,2-10H2,1H3,(H,15,16). The first-order valence-corrected chi connectivity index (χ1v) is 6.74. The molecule has 2 fully saturated rings. The van der Waals surface area contributed by atoms with Gasteiger partial charge in [-0.3, -0.25) is 4.79 Å². The summed E-state index contributed by atoms with van der Waals surface area (Å²) in [6.07, 6.45) is 3.71. The Hall–Kier alpha value is -0.650. The first kappa shape index (κ1) is 13.8. The fourth-order valence-corrected chi connectivity index (χ4v) is 2.92. The van der Waals surface area contributed by atoms with Gasteiger partial charge in [0.15, 0.2) is 0 Å². The molecule has 1 N–H and O–H groups in total. The first-order chi connectivity index (χ1) is 8.62. The molecule has 5 heteroatoms. The highest BCUT2D eigenvalue weighted by Crippen LogP contribution is 2.32. The Morgan fingerprint density at radius 1 is 1.39 bits per heavy atom. The topological polar surface area (TPSA) is 59.0 Å². The number of carbonyl (C=O) groups is 1. The van der Waals surface area contributed by atoms with Crippen LogP contribution in [-0.2, 0) is 14.3 Å². The highest BCUT2D eigenvalue weighted by molar-refractivity contribution is 5.75. The zero-order valence-corrected chi connectivity index (χ0v) is 11.1. The van der Waals surface area contributed by atoms with Gasteiger partial charge in [0, 0.05) is 32.9 Å². The van der Waals surface area contributed by atoms with Gasteiger partial charge in [-0.2, -0.15) is 0 Å². The summed E-state index contributed by atoms with van der Waals surface area (Å²) < 4.78 is 10.9. The lowest BCUT2D eigenvalue weighted by Gasteiger charge is -2.36. The first-order valence-electron chi connectivity index (χ1n) is 6.74. The van der Waals surface area contributed by atoms with Crippen molar-refractivity contribution in [3.8, 4) is 0 Å². The van der Waals surface area contributed by atoms with Crippen LogP contribution in [0.1, 0.15) is 25.7 Å². The van der Waals surface area contributed by atoms with E-state index >= 15 is 0 Å². The summed E-state index contributed by atoms with van der Waals surface area (Å²) in [4.78, 5) is 13.6. The number of ether oxygens (including phenoxy) is 2. The van der Waals surface area contributed by atoms with Crippen molar-refractivity contribution < 1.29 is 19.4 Å². The van der Waals surface area contributed by atoms with Crippen molar-refractivity contribution in [1.82, 2.24) is 4.90 Å². The summed E-state index contributed by atoms with van der Waals surface area (Å²) in [5, 5.41) is 9.49. The second kappa shape index (κ2) is 5.99. The Bertz CT molecular complexity index is 283. The number of aliphatic carboxylic acids is 1. The number of hydrogen-bond donors (Lipinski definition) is 1. The molecule has 0 bridgehead atoms. The van der Waals surface area contributed by atoms with Crippen molar-refractivity contribution >= 4 is 5.97 Å². The van der Waals surface area contributed by atoms with E-state index in [4.69, 9.17) is 9.47 Å². The average Bonchev–Trinajstić information content (AvgIpc) is 2.82. The lowest BCUT2D eigenvalue weighted by molar-refractivity contribution is -0.156. The number of rotatable bonds is 5. The molecule has 2 aliphatic rings. The van der Waals surface area contributed by atoms with E-state index < -0.39 is 11.4 Å². The van der Waals surface area contributed by atoms with Gasteiger partial charge in [-0.15, -0.1) is 0 Å². The average molecular weight is 257 g/mol. The van der Waals surface area contributed by atoms with Crippen LogP contribution in [0.3, 0.4) is 0 Å². The summed E-state index contributed by atoms with van der Waals surface area (Å²) >= 11 is 0. The predicted octanol–water partition coefficient (Wildman–Crippen LogP) is 0.979. The van der Waals surface area contributed by atoms with Gasteiger partial charge in [-0.1, -0.05) is 0 Å². The summed E-state index contributed by atoms with van der Waals surface area (Å²) in [5.41, 5.74) is -0.633. The molecule has 18 heavy (non-hydrogen) atoms. The van der Waals surface area contributed by atoms with Gasteiger partial charge < -0.3 is 19.5 Å². The third-order valence-electron chi connectivity index (χ3n) is 4.02. The van der Waals surface area contributed by atoms with Gasteiger partial charge in [0.25, 0.3) is 0 Å². The van der Waals surface area contributed by atoms with Crippen molar-refractivity contribution in [2.24, 2.45) is 5.41 Å². The molecule has 2 rings (SSSR count). The maximum Gasteiger partial charge on any atom is 0.311 e. The van der Waals surface area contributed by atoms with Crippen molar-refractivity contribution in [2.75, 3.05) is 40.0 Å². The highest BCUT2D eigenvalue weighted by Gasteiger charge is 2.41. The van der Waals surface area contributed by atoms with E-state index in [-0.39, 0.29) is 6.10 Å². The van der Waals surface area contributed by atoms with E-state index in [0.29, 0.717) is 32.6 Å². The number of nitrogens with zero attached hydrogens (tertiary/aromatic N) is 1. The minimum atomic E-state index is -0.690. The molecule has 2 aliphatic heterocycles. The van der Waals surface area contributed by atoms with Gasteiger partial charge in [-0.25, -0.2) is 0 Å². The van der Waals surface area contributed by atoms with E-state index in [9.17, 15) is 9.90 Å². The third kappa shape index (κ3) is 3.22. The number of carboxylic acid groups (broad SMARTS) is 1. The van der Waals surface area contributed by atoms with Crippen molar-refractivity contribution in [3.63, 3.8) is 0 Å². The molecule has 1 unspecified atom stereocenters. The van der Waals surface area contributed by atoms with Crippen molar-refractivity contribution in [3.05, 3.63) is 0 Å². The molecule has 0 saturated carbocycles. The van der Waals surface area contributed by atoms with Gasteiger partial charge in [-0.05, 0) is 32.7 Å². The maximum absolute atomic E-state index is 11.5. The van der Waals surface area contributed by atoms with Crippen LogP contribution in [0, 0.1) is 5.41 Å². The number of likely N-dealkylation sites (N-methyl/N-ethyl adjacent to an activating group) is 1. The second-order valence-corrected chi connectivity index (χ2v) is 5.53. The van der Waals surface area contributed by atoms with Crippen LogP contribution in [0.25, 0.3) is 0 Å². The molecule has 0 aromatic rings. The van der Waals surface area contributed by atoms with Crippen molar-refractivity contribution in [1.29, 1.82) is 0 Å². The van der Waals surface area contributed by atoms with Crippen LogP contribution in [-0.4, -0.2) is 62.0 Å². The Kier molecular flexibility index (Phi) is 4.59. The van der Waals surface area contributed by atoms with Gasteiger partial charge in [0.2, 0.25) is 0 Å². The molecule has 0 aliphatic carbocycles. The molecular weight excluding hydrogens is 234 g/mol. The molecular formula is C13H23NO4. The van der Waals surface area contributed by atoms with Crippen LogP contribution in [0.4, 0.5) is 0 Å². The van der Waals surface area contributed by atoms with Crippen LogP contribution < -0.4 is 0 Å². The maximum atomic E-state index is 11.5. The van der Waals surface area contributed by atoms with Gasteiger partial charge in [0.05, 0.1) is 11.5 Å². The highest BCUT2D eigenvalue weighted by atomic mass is 16.5. The molecule has 104 valence electrons. The Morgan fingerprint density at radius 2 is 2.11 bits per heavy atom. The van der Waals surface area contributed by atoms with E-state index in [2.05, 4.69) is 4.90 Å². The SMILES string of the molecule is CN(CC1CCCO1)CC1(C(=O)O)CCOCC1. The van der Waals surface area contributed by atoms with E-state index in [1.165, 1.54) is 0 Å². The Labute approximate surface area is 108 Å². The lowest BCUT2D eigenvalue weighted by Crippen LogP contribution is -2.47. The smallest absolute Gasteiger partial charge is 0.311 e. The summed E-state index contributed by atoms with van der Waals surface area (Å²) in [5.74, 6) is -0.690. The largest absolute Gasteiger partial charge is 0.481 e. The molecule has 2 heterocycles. The Morgan fingerprint density at radius 3 is 2.67 bits per heavy atom. The molecule has 0 radical (unpaired) electrons. The molecule has 0 aromatic carbocycles. The minimum absolute atomic E-state index is 0.278. The van der Waals surface area contributed by atoms with Crippen LogP contribution >= 0.6 is 0 Å². The fourth-order valence-electron chi connectivity index (χ4n) is 2.92. The quantitative estimate of drug-likeness (QED) is 0.795. The van der Waals surface area contributed by atoms with Crippen molar-refractivity contribution in [2.45, 2.75) is 31.8 Å². The molecule has 5 nitrogen and oxygen atoms in total. The molecule has 1 atom stereocenters. The third-order valence-corrected chi connectivity index (χ3v) is 4.02. The monoisotopic (exact) mass is 257 g/mol. The van der Waals surface area contributed by atoms with Gasteiger partial charge >= 0.3 is 5.97 Å². The second-order valence-electron chi connectivity index (χ2n) is 5.53. The molecule has 0 amide bonds. The van der Waals surface area contributed by atoms with E-state index in [1.54, 1.807) is 0 Å². The summed E-state index contributed by atoms with van der Waals surface area (Å²) in [6.45, 7) is 3.37. The fraction of sp³-hybridized carbons (Fsp3) is 0.923. The van der Waals surface area contributed by atoms with Crippen LogP contribution in [0.15, 0.2) is 0 Å². The van der Waals surface area contributed by atoms with Crippen LogP contribution in [0.2, 0.25) is 0 Å². The zero-order chi connectivity index (χ0) is 13.0. The number of carboxylic acids is 1. The lowest BCUT2D eigenvalue weighted by atomic mass is 9.80. The van der Waals surface area contributed by atoms with E-state index in [1.807, 2.05) is 7.05 Å². The van der Waals surface area contributed by atoms with E-state index in [0.717, 1.165) is 26.0 Å². The zero-order valence-electron chi connectivity index (χ0n) is 11.1. The number of hydrogen-bond acceptors (Lipinski definition) is 4. The minimum Gasteiger partial charge on any atom is -0.481 e. The van der Waals surface area contributed by atoms with Gasteiger partial charge in [0.1, 0.15) is 0 Å². The normalized spacial score (nSPS) is 27.6. The predicted molar refractivity (Wildman–Crippen MR) is 66.6 cm³/mol. The molecule has 0 aromatic heterocycles. The van der Waals surface area contributed by atoms with Crippen LogP contribution in [0.5, 0.6) is 0 Å². The summed E-state index contributed by atoms with van der Waals surface area (Å²) in [6, 6.07) is 0. The summed E-state index contributed by atoms with van der Waals surface area (Å²) in [7, 11) is 1.99.